The Bertz CT molecular complexity index is 488. The summed E-state index contributed by atoms with van der Waals surface area (Å²) < 4.78 is 0. The third-order valence-corrected chi connectivity index (χ3v) is 3.33. The number of nitrogens with zero attached hydrogens (tertiary/aromatic N) is 1. The van der Waals surface area contributed by atoms with E-state index in [4.69, 9.17) is 0 Å². The van der Waals surface area contributed by atoms with E-state index in [1.165, 1.54) is 23.8 Å². The summed E-state index contributed by atoms with van der Waals surface area (Å²) in [5.41, 5.74) is 2.48. The lowest BCUT2D eigenvalue weighted by molar-refractivity contribution is 0.512. The van der Waals surface area contributed by atoms with E-state index in [0.29, 0.717) is 6.04 Å². The zero-order chi connectivity index (χ0) is 12.8. The Morgan fingerprint density at radius 1 is 1.22 bits per heavy atom. The topological polar surface area (TPSA) is 24.9 Å². The number of fused-ring (bicyclic) bond motifs is 1. The third-order valence-electron chi connectivity index (χ3n) is 3.33. The van der Waals surface area contributed by atoms with Gasteiger partial charge in [0, 0.05) is 17.6 Å². The largest absolute Gasteiger partial charge is 0.314 e. The van der Waals surface area contributed by atoms with Crippen LogP contribution in [0.2, 0.25) is 0 Å². The Balaban J connectivity index is 1.99. The van der Waals surface area contributed by atoms with Gasteiger partial charge < -0.3 is 5.32 Å². The number of aromatic nitrogens is 1. The molecule has 0 spiro atoms. The fourth-order valence-electron chi connectivity index (χ4n) is 2.36. The molecule has 0 fully saturated rings. The minimum atomic E-state index is 0.609. The van der Waals surface area contributed by atoms with Crippen LogP contribution in [0.25, 0.3) is 10.9 Å². The Morgan fingerprint density at radius 3 is 2.89 bits per heavy atom. The standard InChI is InChI=1S/C16H22N2/c1-3-6-13(2)17-12-10-15-8-4-7-14-9-5-11-18-16(14)15/h4-5,7-9,11,13,17H,3,6,10,12H2,1-2H3. The molecular formula is C16H22N2. The van der Waals surface area contributed by atoms with Crippen LogP contribution in [0.15, 0.2) is 36.5 Å². The van der Waals surface area contributed by atoms with Gasteiger partial charge in [-0.25, -0.2) is 0 Å². The van der Waals surface area contributed by atoms with Crippen molar-refractivity contribution in [2.75, 3.05) is 6.54 Å². The summed E-state index contributed by atoms with van der Waals surface area (Å²) in [6, 6.07) is 11.2. The number of rotatable bonds is 6. The number of benzene rings is 1. The van der Waals surface area contributed by atoms with Gasteiger partial charge in [-0.3, -0.25) is 4.98 Å². The molecule has 0 aliphatic heterocycles. The van der Waals surface area contributed by atoms with E-state index in [0.717, 1.165) is 18.5 Å². The molecule has 1 atom stereocenters. The SMILES string of the molecule is CCCC(C)NCCc1cccc2cccnc12. The number of hydrogen-bond acceptors (Lipinski definition) is 2. The van der Waals surface area contributed by atoms with E-state index < -0.39 is 0 Å². The molecule has 0 radical (unpaired) electrons. The summed E-state index contributed by atoms with van der Waals surface area (Å²) in [5, 5.41) is 4.80. The zero-order valence-electron chi connectivity index (χ0n) is 11.3. The molecule has 0 aliphatic carbocycles. The van der Waals surface area contributed by atoms with Crippen molar-refractivity contribution in [3.8, 4) is 0 Å². The molecule has 0 amide bonds. The molecule has 0 aliphatic rings. The van der Waals surface area contributed by atoms with Gasteiger partial charge in [0.05, 0.1) is 5.52 Å². The van der Waals surface area contributed by atoms with Crippen molar-refractivity contribution in [3.05, 3.63) is 42.1 Å². The first kappa shape index (κ1) is 13.0. The number of pyridine rings is 1. The summed E-state index contributed by atoms with van der Waals surface area (Å²) in [6.07, 6.45) is 5.40. The minimum absolute atomic E-state index is 0.609. The van der Waals surface area contributed by atoms with Crippen LogP contribution in [-0.2, 0) is 6.42 Å². The Hall–Kier alpha value is -1.41. The highest BCUT2D eigenvalue weighted by Crippen LogP contribution is 2.16. The summed E-state index contributed by atoms with van der Waals surface area (Å²) in [5.74, 6) is 0. The van der Waals surface area contributed by atoms with E-state index >= 15 is 0 Å². The maximum atomic E-state index is 4.49. The molecule has 1 unspecified atom stereocenters. The summed E-state index contributed by atoms with van der Waals surface area (Å²) in [6.45, 7) is 5.51. The first-order chi connectivity index (χ1) is 8.81. The summed E-state index contributed by atoms with van der Waals surface area (Å²) >= 11 is 0. The van der Waals surface area contributed by atoms with Crippen LogP contribution in [0, 0.1) is 0 Å². The summed E-state index contributed by atoms with van der Waals surface area (Å²) in [7, 11) is 0. The van der Waals surface area contributed by atoms with Crippen molar-refractivity contribution < 1.29 is 0 Å². The maximum Gasteiger partial charge on any atom is 0.0734 e. The highest BCUT2D eigenvalue weighted by Gasteiger charge is 2.03. The fourth-order valence-corrected chi connectivity index (χ4v) is 2.36. The van der Waals surface area contributed by atoms with E-state index in [1.54, 1.807) is 0 Å². The zero-order valence-corrected chi connectivity index (χ0v) is 11.3. The van der Waals surface area contributed by atoms with Crippen molar-refractivity contribution in [1.29, 1.82) is 0 Å². The second-order valence-electron chi connectivity index (χ2n) is 4.89. The van der Waals surface area contributed by atoms with Crippen molar-refractivity contribution >= 4 is 10.9 Å². The maximum absolute atomic E-state index is 4.49. The lowest BCUT2D eigenvalue weighted by Gasteiger charge is -2.13. The van der Waals surface area contributed by atoms with Gasteiger partial charge >= 0.3 is 0 Å². The van der Waals surface area contributed by atoms with E-state index in [2.05, 4.69) is 48.4 Å². The first-order valence-corrected chi connectivity index (χ1v) is 6.87. The molecule has 1 aromatic carbocycles. The summed E-state index contributed by atoms with van der Waals surface area (Å²) in [4.78, 5) is 4.49. The molecular weight excluding hydrogens is 220 g/mol. The molecule has 2 nitrogen and oxygen atoms in total. The van der Waals surface area contributed by atoms with Crippen LogP contribution >= 0.6 is 0 Å². The van der Waals surface area contributed by atoms with Gasteiger partial charge in [-0.05, 0) is 37.9 Å². The van der Waals surface area contributed by atoms with Crippen molar-refractivity contribution in [3.63, 3.8) is 0 Å². The highest BCUT2D eigenvalue weighted by molar-refractivity contribution is 5.81. The molecule has 1 N–H and O–H groups in total. The third kappa shape index (κ3) is 3.30. The minimum Gasteiger partial charge on any atom is -0.314 e. The number of para-hydroxylation sites is 1. The van der Waals surface area contributed by atoms with Gasteiger partial charge in [0.2, 0.25) is 0 Å². The predicted octanol–water partition coefficient (Wildman–Crippen LogP) is 3.56. The number of nitrogens with one attached hydrogen (secondary N) is 1. The second kappa shape index (κ2) is 6.50. The molecule has 2 rings (SSSR count). The molecule has 96 valence electrons. The second-order valence-corrected chi connectivity index (χ2v) is 4.89. The van der Waals surface area contributed by atoms with Gasteiger partial charge in [-0.2, -0.15) is 0 Å². The van der Waals surface area contributed by atoms with Crippen LogP contribution in [0.1, 0.15) is 32.3 Å². The van der Waals surface area contributed by atoms with Crippen molar-refractivity contribution in [2.45, 2.75) is 39.2 Å². The lowest BCUT2D eigenvalue weighted by Crippen LogP contribution is -2.27. The fraction of sp³-hybridized carbons (Fsp3) is 0.438. The number of hydrogen-bond donors (Lipinski definition) is 1. The van der Waals surface area contributed by atoms with Crippen molar-refractivity contribution in [1.82, 2.24) is 10.3 Å². The van der Waals surface area contributed by atoms with Gasteiger partial charge in [0.1, 0.15) is 0 Å². The Labute approximate surface area is 109 Å². The molecule has 1 heterocycles. The van der Waals surface area contributed by atoms with E-state index in [9.17, 15) is 0 Å². The van der Waals surface area contributed by atoms with Crippen LogP contribution in [-0.4, -0.2) is 17.6 Å². The van der Waals surface area contributed by atoms with E-state index in [-0.39, 0.29) is 0 Å². The normalized spacial score (nSPS) is 12.8. The molecule has 18 heavy (non-hydrogen) atoms. The highest BCUT2D eigenvalue weighted by atomic mass is 14.9. The van der Waals surface area contributed by atoms with Crippen molar-refractivity contribution in [2.24, 2.45) is 0 Å². The van der Waals surface area contributed by atoms with Gasteiger partial charge in [0.15, 0.2) is 0 Å². The molecule has 2 heteroatoms. The van der Waals surface area contributed by atoms with Crippen LogP contribution < -0.4 is 5.32 Å². The van der Waals surface area contributed by atoms with Gasteiger partial charge in [-0.1, -0.05) is 37.6 Å². The van der Waals surface area contributed by atoms with Gasteiger partial charge in [-0.15, -0.1) is 0 Å². The first-order valence-electron chi connectivity index (χ1n) is 6.87. The Kier molecular flexibility index (Phi) is 4.71. The van der Waals surface area contributed by atoms with Crippen LogP contribution in [0.3, 0.4) is 0 Å². The Morgan fingerprint density at radius 2 is 2.06 bits per heavy atom. The molecule has 0 saturated heterocycles. The van der Waals surface area contributed by atoms with E-state index in [1.807, 2.05) is 12.3 Å². The van der Waals surface area contributed by atoms with Gasteiger partial charge in [0.25, 0.3) is 0 Å². The predicted molar refractivity (Wildman–Crippen MR) is 77.8 cm³/mol. The molecule has 0 bridgehead atoms. The van der Waals surface area contributed by atoms with Crippen LogP contribution in [0.5, 0.6) is 0 Å². The average molecular weight is 242 g/mol. The molecule has 1 aromatic heterocycles. The average Bonchev–Trinajstić information content (AvgIpc) is 2.39. The monoisotopic (exact) mass is 242 g/mol. The molecule has 2 aromatic rings. The quantitative estimate of drug-likeness (QED) is 0.838. The molecule has 0 saturated carbocycles. The lowest BCUT2D eigenvalue weighted by atomic mass is 10.1. The smallest absolute Gasteiger partial charge is 0.0734 e. The van der Waals surface area contributed by atoms with Crippen LogP contribution in [0.4, 0.5) is 0 Å².